The van der Waals surface area contributed by atoms with E-state index in [0.717, 1.165) is 0 Å². The number of ether oxygens (including phenoxy) is 1. The molecule has 1 aromatic carbocycles. The highest BCUT2D eigenvalue weighted by molar-refractivity contribution is 5.92. The number of esters is 1. The second-order valence-electron chi connectivity index (χ2n) is 5.76. The Bertz CT molecular complexity index is 895. The third-order valence-corrected chi connectivity index (χ3v) is 4.50. The van der Waals surface area contributed by atoms with Crippen molar-refractivity contribution in [1.82, 2.24) is 0 Å². The van der Waals surface area contributed by atoms with Crippen LogP contribution in [0, 0.1) is 56.2 Å². The van der Waals surface area contributed by atoms with E-state index < -0.39 is 34.9 Å². The van der Waals surface area contributed by atoms with Crippen molar-refractivity contribution in [3.05, 3.63) is 47.2 Å². The van der Waals surface area contributed by atoms with Gasteiger partial charge in [-0.05, 0) is 12.5 Å². The number of nitriles is 4. The first-order chi connectivity index (χ1) is 12.5. The molecule has 0 saturated carbocycles. The summed E-state index contributed by atoms with van der Waals surface area (Å²) in [5.41, 5.74) is -4.27. The summed E-state index contributed by atoms with van der Waals surface area (Å²) in [5.74, 6) is -2.73. The molecule has 0 spiro atoms. The molecule has 1 atom stereocenters. The molecule has 1 unspecified atom stereocenters. The Kier molecular flexibility index (Phi) is 4.97. The van der Waals surface area contributed by atoms with E-state index in [1.807, 2.05) is 0 Å². The molecule has 128 valence electrons. The van der Waals surface area contributed by atoms with Crippen LogP contribution in [0.2, 0.25) is 0 Å². The van der Waals surface area contributed by atoms with Crippen molar-refractivity contribution in [3.8, 4) is 24.3 Å². The van der Waals surface area contributed by atoms with E-state index in [1.165, 1.54) is 0 Å². The van der Waals surface area contributed by atoms with Gasteiger partial charge in [-0.15, -0.1) is 0 Å². The number of aliphatic hydroxyl groups excluding tert-OH is 1. The van der Waals surface area contributed by atoms with Crippen LogP contribution >= 0.6 is 0 Å². The first kappa shape index (κ1) is 18.5. The number of carbonyl (C=O) groups is 1. The van der Waals surface area contributed by atoms with Crippen molar-refractivity contribution >= 4 is 5.97 Å². The molecule has 0 saturated heterocycles. The fraction of sp³-hybridized carbons (Fsp3) is 0.316. The average Bonchev–Trinajstić information content (AvgIpc) is 2.67. The van der Waals surface area contributed by atoms with Crippen LogP contribution in [0.15, 0.2) is 41.7 Å². The molecule has 1 aliphatic carbocycles. The third-order valence-electron chi connectivity index (χ3n) is 4.50. The minimum atomic E-state index is -2.20. The van der Waals surface area contributed by atoms with Crippen LogP contribution in [0.25, 0.3) is 0 Å². The van der Waals surface area contributed by atoms with Crippen LogP contribution in [0.3, 0.4) is 0 Å². The summed E-state index contributed by atoms with van der Waals surface area (Å²) in [6.07, 6.45) is -0.612. The molecule has 1 aliphatic rings. The predicted molar refractivity (Wildman–Crippen MR) is 87.4 cm³/mol. The molecular formula is C19H14N4O3. The number of carbonyl (C=O) groups excluding carboxylic acids is 1. The van der Waals surface area contributed by atoms with Crippen LogP contribution in [0.1, 0.15) is 24.8 Å². The SMILES string of the molecule is CCOC(=O)C1=C(O)CC(C#N)(C#N)C(C#N)(C#N)C1c1ccccc1. The molecule has 26 heavy (non-hydrogen) atoms. The van der Waals surface area contributed by atoms with Gasteiger partial charge in [-0.3, -0.25) is 0 Å². The van der Waals surface area contributed by atoms with Gasteiger partial charge in [0.2, 0.25) is 0 Å². The van der Waals surface area contributed by atoms with Crippen LogP contribution in [0.5, 0.6) is 0 Å². The van der Waals surface area contributed by atoms with E-state index in [-0.39, 0.29) is 12.2 Å². The summed E-state index contributed by atoms with van der Waals surface area (Å²) in [5, 5.41) is 49.4. The van der Waals surface area contributed by atoms with E-state index in [1.54, 1.807) is 61.5 Å². The Morgan fingerprint density at radius 2 is 1.73 bits per heavy atom. The van der Waals surface area contributed by atoms with Gasteiger partial charge in [0, 0.05) is 6.42 Å². The summed E-state index contributed by atoms with van der Waals surface area (Å²) in [7, 11) is 0. The minimum Gasteiger partial charge on any atom is -0.512 e. The van der Waals surface area contributed by atoms with Crippen LogP contribution in [0.4, 0.5) is 0 Å². The quantitative estimate of drug-likeness (QED) is 0.829. The highest BCUT2D eigenvalue weighted by Crippen LogP contribution is 2.58. The van der Waals surface area contributed by atoms with E-state index in [4.69, 9.17) is 4.74 Å². The zero-order valence-corrected chi connectivity index (χ0v) is 13.9. The first-order valence-electron chi connectivity index (χ1n) is 7.76. The highest BCUT2D eigenvalue weighted by Gasteiger charge is 2.65. The van der Waals surface area contributed by atoms with E-state index in [0.29, 0.717) is 5.56 Å². The fourth-order valence-electron chi connectivity index (χ4n) is 3.25. The molecule has 2 rings (SSSR count). The van der Waals surface area contributed by atoms with Gasteiger partial charge < -0.3 is 9.84 Å². The summed E-state index contributed by atoms with van der Waals surface area (Å²) >= 11 is 0. The first-order valence-corrected chi connectivity index (χ1v) is 7.76. The van der Waals surface area contributed by atoms with Gasteiger partial charge in [0.15, 0.2) is 10.8 Å². The number of aliphatic hydroxyl groups is 1. The maximum Gasteiger partial charge on any atom is 0.338 e. The molecule has 0 heterocycles. The number of nitrogens with zero attached hydrogens (tertiary/aromatic N) is 4. The molecule has 1 N–H and O–H groups in total. The lowest BCUT2D eigenvalue weighted by Gasteiger charge is -2.42. The lowest BCUT2D eigenvalue weighted by molar-refractivity contribution is -0.139. The lowest BCUT2D eigenvalue weighted by atomic mass is 9.52. The van der Waals surface area contributed by atoms with Gasteiger partial charge >= 0.3 is 5.97 Å². The maximum atomic E-state index is 12.5. The topological polar surface area (TPSA) is 142 Å². The summed E-state index contributed by atoms with van der Waals surface area (Å²) in [6, 6.07) is 15.1. The van der Waals surface area contributed by atoms with Crippen LogP contribution < -0.4 is 0 Å². The molecule has 0 fully saturated rings. The van der Waals surface area contributed by atoms with Gasteiger partial charge in [0.05, 0.1) is 42.4 Å². The zero-order chi connectivity index (χ0) is 19.4. The average molecular weight is 346 g/mol. The number of hydrogen-bond donors (Lipinski definition) is 1. The van der Waals surface area contributed by atoms with Crippen molar-refractivity contribution in [2.24, 2.45) is 10.8 Å². The van der Waals surface area contributed by atoms with Crippen molar-refractivity contribution in [3.63, 3.8) is 0 Å². The molecule has 7 heteroatoms. The van der Waals surface area contributed by atoms with Crippen molar-refractivity contribution < 1.29 is 14.6 Å². The second kappa shape index (κ2) is 6.98. The predicted octanol–water partition coefficient (Wildman–Crippen LogP) is 2.62. The standard InChI is InChI=1S/C19H14N4O3/c1-2-26-17(25)15-14(24)8-18(9-20,10-21)19(11-22,12-23)16(15)13-6-4-3-5-7-13/h3-7,16,24H,2,8H2,1H3. The largest absolute Gasteiger partial charge is 0.512 e. The lowest BCUT2D eigenvalue weighted by Crippen LogP contribution is -2.48. The number of allylic oxidation sites excluding steroid dienone is 1. The molecule has 0 bridgehead atoms. The highest BCUT2D eigenvalue weighted by atomic mass is 16.5. The van der Waals surface area contributed by atoms with Crippen molar-refractivity contribution in [2.75, 3.05) is 6.61 Å². The zero-order valence-electron chi connectivity index (χ0n) is 13.9. The van der Waals surface area contributed by atoms with Crippen LogP contribution in [-0.4, -0.2) is 17.7 Å². The van der Waals surface area contributed by atoms with Crippen molar-refractivity contribution in [2.45, 2.75) is 19.3 Å². The summed E-state index contributed by atoms with van der Waals surface area (Å²) in [6.45, 7) is 1.59. The Morgan fingerprint density at radius 1 is 1.15 bits per heavy atom. The maximum absolute atomic E-state index is 12.5. The van der Waals surface area contributed by atoms with Gasteiger partial charge in [-0.1, -0.05) is 30.3 Å². The Labute approximate surface area is 150 Å². The second-order valence-corrected chi connectivity index (χ2v) is 5.76. The van der Waals surface area contributed by atoms with Gasteiger partial charge in [-0.25, -0.2) is 4.79 Å². The number of hydrogen-bond acceptors (Lipinski definition) is 7. The Morgan fingerprint density at radius 3 is 2.19 bits per heavy atom. The minimum absolute atomic E-state index is 0.0187. The summed E-state index contributed by atoms with van der Waals surface area (Å²) < 4.78 is 4.98. The monoisotopic (exact) mass is 346 g/mol. The van der Waals surface area contributed by atoms with Crippen molar-refractivity contribution in [1.29, 1.82) is 21.0 Å². The van der Waals surface area contributed by atoms with Gasteiger partial charge in [-0.2, -0.15) is 21.0 Å². The van der Waals surface area contributed by atoms with Gasteiger partial charge in [0.25, 0.3) is 0 Å². The van der Waals surface area contributed by atoms with E-state index in [2.05, 4.69) is 0 Å². The van der Waals surface area contributed by atoms with Gasteiger partial charge in [0.1, 0.15) is 5.76 Å². The molecule has 1 aromatic rings. The van der Waals surface area contributed by atoms with E-state index in [9.17, 15) is 30.9 Å². The Balaban J connectivity index is 2.92. The van der Waals surface area contributed by atoms with Crippen LogP contribution in [-0.2, 0) is 9.53 Å². The third kappa shape index (κ3) is 2.44. The molecule has 7 nitrogen and oxygen atoms in total. The molecule has 0 radical (unpaired) electrons. The molecule has 0 amide bonds. The smallest absolute Gasteiger partial charge is 0.338 e. The fourth-order valence-corrected chi connectivity index (χ4v) is 3.25. The number of rotatable bonds is 3. The molecule has 0 aliphatic heterocycles. The normalized spacial score (nSPS) is 20.0. The number of benzene rings is 1. The molecule has 0 aromatic heterocycles. The van der Waals surface area contributed by atoms with E-state index >= 15 is 0 Å². The Hall–Kier alpha value is -3.81. The summed E-state index contributed by atoms with van der Waals surface area (Å²) in [4.78, 5) is 12.5. The molecular weight excluding hydrogens is 332 g/mol.